The molecule has 0 rings (SSSR count). The Balaban J connectivity index is 3.24. The molecule has 29 heavy (non-hydrogen) atoms. The molecule has 0 radical (unpaired) electrons. The van der Waals surface area contributed by atoms with Crippen molar-refractivity contribution >= 4 is 34.7 Å². The summed E-state index contributed by atoms with van der Waals surface area (Å²) in [5.74, 6) is -0.0561. The Morgan fingerprint density at radius 3 is 1.59 bits per heavy atom. The van der Waals surface area contributed by atoms with E-state index in [1.165, 1.54) is 0 Å². The molecule has 0 aliphatic rings. The van der Waals surface area contributed by atoms with Crippen LogP contribution >= 0.6 is 22.9 Å². The Labute approximate surface area is 188 Å². The van der Waals surface area contributed by atoms with Gasteiger partial charge in [0.25, 0.3) is 0 Å². The molecule has 0 unspecified atom stereocenters. The first-order valence-electron chi connectivity index (χ1n) is 10.3. The van der Waals surface area contributed by atoms with E-state index in [1.807, 2.05) is 0 Å². The lowest BCUT2D eigenvalue weighted by molar-refractivity contribution is -0.122. The second kappa shape index (κ2) is 23.7. The summed E-state index contributed by atoms with van der Waals surface area (Å²) >= 11 is 2.12. The monoisotopic (exact) mass is 531 g/mol. The van der Waals surface area contributed by atoms with Gasteiger partial charge in [0.1, 0.15) is 0 Å². The fraction of sp³-hybridized carbons (Fsp3) is 0.895. The van der Waals surface area contributed by atoms with Crippen LogP contribution in [0.5, 0.6) is 0 Å². The lowest BCUT2D eigenvalue weighted by Gasteiger charge is -2.08. The zero-order chi connectivity index (χ0) is 21.4. The van der Waals surface area contributed by atoms with Crippen LogP contribution in [0.25, 0.3) is 0 Å². The summed E-state index contributed by atoms with van der Waals surface area (Å²) in [6, 6.07) is 0. The van der Waals surface area contributed by atoms with E-state index in [2.05, 4.69) is 37.0 Å². The molecule has 2 amide bonds. The van der Waals surface area contributed by atoms with E-state index >= 15 is 0 Å². The molecule has 9 nitrogen and oxygen atoms in total. The van der Waals surface area contributed by atoms with E-state index in [9.17, 15) is 9.59 Å². The highest BCUT2D eigenvalue weighted by molar-refractivity contribution is 14.1. The van der Waals surface area contributed by atoms with E-state index < -0.39 is 0 Å². The van der Waals surface area contributed by atoms with Gasteiger partial charge in [0, 0.05) is 82.3 Å². The topological polar surface area (TPSA) is 107 Å². The Morgan fingerprint density at radius 1 is 0.655 bits per heavy atom. The number of carbonyl (C=O) groups is 2. The van der Waals surface area contributed by atoms with Gasteiger partial charge < -0.3 is 29.6 Å². The van der Waals surface area contributed by atoms with Gasteiger partial charge >= 0.3 is 0 Å². The predicted molar refractivity (Wildman–Crippen MR) is 120 cm³/mol. The number of hydrogen-bond acceptors (Lipinski definition) is 7. The molecule has 0 saturated carbocycles. The zero-order valence-electron chi connectivity index (χ0n) is 17.6. The average Bonchev–Trinajstić information content (AvgIpc) is 2.71. The lowest BCUT2D eigenvalue weighted by Crippen LogP contribution is -2.27. The molecule has 172 valence electrons. The molecule has 0 heterocycles. The first kappa shape index (κ1) is 28.5. The third-order valence-electron chi connectivity index (χ3n) is 3.75. The molecule has 0 atom stereocenters. The highest BCUT2D eigenvalue weighted by Gasteiger charge is 2.04. The van der Waals surface area contributed by atoms with Crippen LogP contribution in [0.3, 0.4) is 0 Å². The maximum absolute atomic E-state index is 11.7. The van der Waals surface area contributed by atoms with Crippen molar-refractivity contribution in [2.24, 2.45) is 0 Å². The van der Waals surface area contributed by atoms with Crippen LogP contribution in [0.2, 0.25) is 0 Å². The molecule has 0 bridgehead atoms. The summed E-state index contributed by atoms with van der Waals surface area (Å²) in [6.07, 6.45) is 3.81. The number of carbonyl (C=O) groups excluding carboxylic acids is 2. The van der Waals surface area contributed by atoms with Gasteiger partial charge in [-0.15, -0.1) is 0 Å². The molecule has 10 heteroatoms. The summed E-state index contributed by atoms with van der Waals surface area (Å²) in [7, 11) is 1.63. The fourth-order valence-corrected chi connectivity index (χ4v) is 2.60. The van der Waals surface area contributed by atoms with Crippen LogP contribution in [0, 0.1) is 0 Å². The maximum Gasteiger partial charge on any atom is 0.220 e. The van der Waals surface area contributed by atoms with Gasteiger partial charge in [-0.1, -0.05) is 0 Å². The average molecular weight is 531 g/mol. The maximum atomic E-state index is 11.7. The number of nitrogens with one attached hydrogen (secondary N) is 3. The number of hydrogen-bond donors (Lipinski definition) is 3. The predicted octanol–water partition coefficient (Wildman–Crippen LogP) is 1.20. The molecular formula is C19H38IN3O6. The normalized spacial score (nSPS) is 10.8. The molecule has 0 fully saturated rings. The minimum Gasteiger partial charge on any atom is -0.385 e. The van der Waals surface area contributed by atoms with Gasteiger partial charge in [-0.3, -0.25) is 13.1 Å². The van der Waals surface area contributed by atoms with Gasteiger partial charge in [0.05, 0.1) is 26.4 Å². The van der Waals surface area contributed by atoms with Gasteiger partial charge in [-0.2, -0.15) is 0 Å². The SMILES string of the molecule is COCCCNC(=O)CCCC(=O)NCCCOCCOCCOCCCNI. The van der Waals surface area contributed by atoms with Crippen molar-refractivity contribution in [1.29, 1.82) is 0 Å². The standard InChI is InChI=1S/C19H38IN3O6/c1-26-11-3-8-21-18(24)6-2-7-19(25)22-9-4-12-27-14-16-29-17-15-28-13-5-10-23-20/h23H,2-17H2,1H3,(H,21,24)(H,22,25). The van der Waals surface area contributed by atoms with Crippen molar-refractivity contribution in [3.63, 3.8) is 0 Å². The minimum absolute atomic E-state index is 0.0235. The molecule has 0 aromatic rings. The Morgan fingerprint density at radius 2 is 1.10 bits per heavy atom. The smallest absolute Gasteiger partial charge is 0.220 e. The van der Waals surface area contributed by atoms with Crippen molar-refractivity contribution in [2.75, 3.05) is 73.0 Å². The van der Waals surface area contributed by atoms with Crippen molar-refractivity contribution < 1.29 is 28.5 Å². The number of methoxy groups -OCH3 is 1. The number of halogens is 1. The molecule has 3 N–H and O–H groups in total. The highest BCUT2D eigenvalue weighted by atomic mass is 127. The molecule has 0 saturated heterocycles. The number of ether oxygens (including phenoxy) is 4. The largest absolute Gasteiger partial charge is 0.385 e. The Bertz CT molecular complexity index is 391. The molecule has 0 aliphatic heterocycles. The molecule has 0 aromatic heterocycles. The van der Waals surface area contributed by atoms with E-state index in [0.29, 0.717) is 72.0 Å². The zero-order valence-corrected chi connectivity index (χ0v) is 19.8. The van der Waals surface area contributed by atoms with Crippen LogP contribution in [0.4, 0.5) is 0 Å². The fourth-order valence-electron chi connectivity index (χ4n) is 2.22. The first-order valence-corrected chi connectivity index (χ1v) is 11.4. The van der Waals surface area contributed by atoms with Crippen molar-refractivity contribution in [3.05, 3.63) is 0 Å². The van der Waals surface area contributed by atoms with Crippen LogP contribution in [-0.4, -0.2) is 84.8 Å². The van der Waals surface area contributed by atoms with Crippen molar-refractivity contribution in [2.45, 2.75) is 38.5 Å². The summed E-state index contributed by atoms with van der Waals surface area (Å²) in [6.45, 7) is 6.32. The minimum atomic E-state index is -0.0326. The van der Waals surface area contributed by atoms with E-state index in [0.717, 1.165) is 32.4 Å². The second-order valence-corrected chi connectivity index (χ2v) is 7.09. The first-order chi connectivity index (χ1) is 14.2. The van der Waals surface area contributed by atoms with E-state index in [1.54, 1.807) is 7.11 Å². The van der Waals surface area contributed by atoms with Gasteiger partial charge in [0.15, 0.2) is 0 Å². The molecule has 0 aliphatic carbocycles. The van der Waals surface area contributed by atoms with Crippen LogP contribution in [0.15, 0.2) is 0 Å². The molecule has 0 spiro atoms. The Kier molecular flexibility index (Phi) is 23.3. The molecule has 0 aromatic carbocycles. The lowest BCUT2D eigenvalue weighted by atomic mass is 10.2. The summed E-state index contributed by atoms with van der Waals surface area (Å²) < 4.78 is 24.2. The number of rotatable bonds is 22. The second-order valence-electron chi connectivity index (χ2n) is 6.33. The summed E-state index contributed by atoms with van der Waals surface area (Å²) in [5, 5.41) is 5.64. The highest BCUT2D eigenvalue weighted by Crippen LogP contribution is 1.96. The van der Waals surface area contributed by atoms with Crippen LogP contribution in [-0.2, 0) is 28.5 Å². The van der Waals surface area contributed by atoms with Crippen LogP contribution < -0.4 is 14.2 Å². The number of amides is 2. The van der Waals surface area contributed by atoms with Gasteiger partial charge in [0.2, 0.25) is 11.8 Å². The quantitative estimate of drug-likeness (QED) is 0.110. The third-order valence-corrected chi connectivity index (χ3v) is 4.29. The van der Waals surface area contributed by atoms with Gasteiger partial charge in [-0.05, 0) is 25.7 Å². The summed E-state index contributed by atoms with van der Waals surface area (Å²) in [5.41, 5.74) is 0. The molecular weight excluding hydrogens is 493 g/mol. The summed E-state index contributed by atoms with van der Waals surface area (Å²) in [4.78, 5) is 23.3. The van der Waals surface area contributed by atoms with E-state index in [-0.39, 0.29) is 11.8 Å². The van der Waals surface area contributed by atoms with Crippen molar-refractivity contribution in [1.82, 2.24) is 14.2 Å². The van der Waals surface area contributed by atoms with Gasteiger partial charge in [-0.25, -0.2) is 0 Å². The Hall–Kier alpha value is -0.530. The van der Waals surface area contributed by atoms with Crippen LogP contribution in [0.1, 0.15) is 38.5 Å². The van der Waals surface area contributed by atoms with Crippen molar-refractivity contribution in [3.8, 4) is 0 Å². The third kappa shape index (κ3) is 23.6. The van der Waals surface area contributed by atoms with E-state index in [4.69, 9.17) is 18.9 Å².